The van der Waals surface area contributed by atoms with Crippen LogP contribution in [0.2, 0.25) is 5.02 Å². The van der Waals surface area contributed by atoms with Crippen molar-refractivity contribution in [3.05, 3.63) is 34.3 Å². The van der Waals surface area contributed by atoms with E-state index in [-0.39, 0.29) is 28.6 Å². The molecule has 2 aromatic rings. The first-order valence-electron chi connectivity index (χ1n) is 7.30. The summed E-state index contributed by atoms with van der Waals surface area (Å²) in [6, 6.07) is 7.00. The Hall–Kier alpha value is -1.64. The van der Waals surface area contributed by atoms with Crippen LogP contribution in [-0.2, 0) is 4.79 Å². The first kappa shape index (κ1) is 18.7. The molecule has 2 N–H and O–H groups in total. The van der Waals surface area contributed by atoms with E-state index < -0.39 is 0 Å². The minimum Gasteiger partial charge on any atom is -0.353 e. The van der Waals surface area contributed by atoms with E-state index in [1.165, 1.54) is 11.8 Å². The van der Waals surface area contributed by atoms with Crippen molar-refractivity contribution in [3.63, 3.8) is 0 Å². The summed E-state index contributed by atoms with van der Waals surface area (Å²) in [5.41, 5.74) is 0.588. The molecule has 9 heteroatoms. The van der Waals surface area contributed by atoms with Crippen LogP contribution >= 0.6 is 34.7 Å². The summed E-state index contributed by atoms with van der Waals surface area (Å²) >= 11 is 8.28. The number of hydrogen-bond donors (Lipinski definition) is 2. The summed E-state index contributed by atoms with van der Waals surface area (Å²) in [4.78, 5) is 23.9. The van der Waals surface area contributed by atoms with Crippen LogP contribution in [-0.4, -0.2) is 33.8 Å². The van der Waals surface area contributed by atoms with Gasteiger partial charge in [-0.3, -0.25) is 9.59 Å². The fourth-order valence-corrected chi connectivity index (χ4v) is 3.40. The van der Waals surface area contributed by atoms with Crippen LogP contribution in [0, 0.1) is 0 Å². The van der Waals surface area contributed by atoms with Gasteiger partial charge in [-0.05, 0) is 31.5 Å². The predicted molar refractivity (Wildman–Crippen MR) is 97.9 cm³/mol. The standard InChI is InChI=1S/C15H17ClN4O2S2/c1-3-9(2)17-12(21)8-23-15-20-19-14(24-15)13(22)18-11-6-4-5-10(16)7-11/h4-7,9H,3,8H2,1-2H3,(H,17,21)(H,18,22)/t9-/m1/s1. The van der Waals surface area contributed by atoms with Gasteiger partial charge in [-0.25, -0.2) is 0 Å². The van der Waals surface area contributed by atoms with Crippen LogP contribution in [0.4, 0.5) is 5.69 Å². The molecule has 128 valence electrons. The molecule has 1 atom stereocenters. The summed E-state index contributed by atoms with van der Waals surface area (Å²) < 4.78 is 0.575. The van der Waals surface area contributed by atoms with Crippen molar-refractivity contribution >= 4 is 52.2 Å². The lowest BCUT2D eigenvalue weighted by Gasteiger charge is -2.09. The van der Waals surface area contributed by atoms with Gasteiger partial charge in [0.1, 0.15) is 0 Å². The third-order valence-corrected chi connectivity index (χ3v) is 5.32. The van der Waals surface area contributed by atoms with Crippen LogP contribution in [0.25, 0.3) is 0 Å². The lowest BCUT2D eigenvalue weighted by Crippen LogP contribution is -2.33. The molecule has 0 saturated heterocycles. The zero-order valence-corrected chi connectivity index (χ0v) is 15.6. The highest BCUT2D eigenvalue weighted by Crippen LogP contribution is 2.23. The molecule has 0 spiro atoms. The van der Waals surface area contributed by atoms with Gasteiger partial charge in [0.25, 0.3) is 5.91 Å². The van der Waals surface area contributed by atoms with E-state index in [9.17, 15) is 9.59 Å². The highest BCUT2D eigenvalue weighted by atomic mass is 35.5. The van der Waals surface area contributed by atoms with E-state index in [0.29, 0.717) is 15.0 Å². The Balaban J connectivity index is 1.88. The van der Waals surface area contributed by atoms with Gasteiger partial charge >= 0.3 is 0 Å². The molecule has 6 nitrogen and oxygen atoms in total. The van der Waals surface area contributed by atoms with Gasteiger partial charge in [0.2, 0.25) is 10.9 Å². The molecule has 0 radical (unpaired) electrons. The zero-order chi connectivity index (χ0) is 17.5. The van der Waals surface area contributed by atoms with Crippen molar-refractivity contribution in [1.29, 1.82) is 0 Å². The Kier molecular flexibility index (Phi) is 7.01. The molecule has 0 fully saturated rings. The lowest BCUT2D eigenvalue weighted by atomic mass is 10.3. The number of thioether (sulfide) groups is 1. The smallest absolute Gasteiger partial charge is 0.286 e. The number of aromatic nitrogens is 2. The van der Waals surface area contributed by atoms with E-state index in [2.05, 4.69) is 20.8 Å². The van der Waals surface area contributed by atoms with Gasteiger partial charge < -0.3 is 10.6 Å². The van der Waals surface area contributed by atoms with Gasteiger partial charge in [-0.2, -0.15) is 0 Å². The molecule has 0 saturated carbocycles. The highest BCUT2D eigenvalue weighted by Gasteiger charge is 2.15. The second kappa shape index (κ2) is 9.00. The molecular weight excluding hydrogens is 368 g/mol. The molecule has 0 aliphatic carbocycles. The molecule has 0 unspecified atom stereocenters. The monoisotopic (exact) mass is 384 g/mol. The zero-order valence-electron chi connectivity index (χ0n) is 13.2. The van der Waals surface area contributed by atoms with Gasteiger partial charge in [0.05, 0.1) is 5.75 Å². The number of amides is 2. The number of nitrogens with one attached hydrogen (secondary N) is 2. The second-order valence-electron chi connectivity index (χ2n) is 5.00. The number of carbonyl (C=O) groups excluding carboxylic acids is 2. The van der Waals surface area contributed by atoms with Gasteiger partial charge in [0.15, 0.2) is 4.34 Å². The summed E-state index contributed by atoms with van der Waals surface area (Å²) in [6.07, 6.45) is 0.878. The number of carbonyl (C=O) groups is 2. The molecule has 24 heavy (non-hydrogen) atoms. The van der Waals surface area contributed by atoms with Crippen molar-refractivity contribution in [2.24, 2.45) is 0 Å². The average molecular weight is 385 g/mol. The second-order valence-corrected chi connectivity index (χ2v) is 7.64. The SMILES string of the molecule is CC[C@@H](C)NC(=O)CSc1nnc(C(=O)Nc2cccc(Cl)c2)s1. The number of halogens is 1. The minimum atomic E-state index is -0.356. The summed E-state index contributed by atoms with van der Waals surface area (Å²) in [6.45, 7) is 3.96. The summed E-state index contributed by atoms with van der Waals surface area (Å²) in [5.74, 6) is -0.172. The number of nitrogens with zero attached hydrogens (tertiary/aromatic N) is 2. The van der Waals surface area contributed by atoms with E-state index in [1.54, 1.807) is 24.3 Å². The third-order valence-electron chi connectivity index (χ3n) is 3.03. The van der Waals surface area contributed by atoms with Crippen molar-refractivity contribution in [1.82, 2.24) is 15.5 Å². The normalized spacial score (nSPS) is 11.8. The topological polar surface area (TPSA) is 84.0 Å². The van der Waals surface area contributed by atoms with Crippen molar-refractivity contribution in [2.45, 2.75) is 30.6 Å². The van der Waals surface area contributed by atoms with Gasteiger partial charge in [-0.15, -0.1) is 10.2 Å². The van der Waals surface area contributed by atoms with Crippen molar-refractivity contribution in [3.8, 4) is 0 Å². The molecule has 0 bridgehead atoms. The quantitative estimate of drug-likeness (QED) is 0.714. The molecule has 2 rings (SSSR count). The number of anilines is 1. The van der Waals surface area contributed by atoms with Crippen LogP contribution in [0.5, 0.6) is 0 Å². The maximum Gasteiger partial charge on any atom is 0.286 e. The molecule has 0 aliphatic rings. The molecule has 1 aromatic carbocycles. The molecule has 1 aromatic heterocycles. The Morgan fingerprint density at radius 2 is 2.17 bits per heavy atom. The van der Waals surface area contributed by atoms with E-state index >= 15 is 0 Å². The molecule has 0 aliphatic heterocycles. The highest BCUT2D eigenvalue weighted by molar-refractivity contribution is 8.01. The number of rotatable bonds is 7. The van der Waals surface area contributed by atoms with Crippen molar-refractivity contribution in [2.75, 3.05) is 11.1 Å². The Labute approximate surface area is 153 Å². The fourth-order valence-electron chi connectivity index (χ4n) is 1.66. The van der Waals surface area contributed by atoms with Crippen LogP contribution in [0.1, 0.15) is 30.1 Å². The molecule has 1 heterocycles. The minimum absolute atomic E-state index is 0.0607. The Morgan fingerprint density at radius 1 is 1.38 bits per heavy atom. The van der Waals surface area contributed by atoms with Crippen molar-refractivity contribution < 1.29 is 9.59 Å². The third kappa shape index (κ3) is 5.77. The van der Waals surface area contributed by atoms with E-state index in [1.807, 2.05) is 13.8 Å². The average Bonchev–Trinajstić information content (AvgIpc) is 3.02. The fraction of sp³-hybridized carbons (Fsp3) is 0.333. The van der Waals surface area contributed by atoms with E-state index in [4.69, 9.17) is 11.6 Å². The summed E-state index contributed by atoms with van der Waals surface area (Å²) in [7, 11) is 0. The van der Waals surface area contributed by atoms with Crippen LogP contribution < -0.4 is 10.6 Å². The van der Waals surface area contributed by atoms with Gasteiger partial charge in [0, 0.05) is 16.8 Å². The van der Waals surface area contributed by atoms with E-state index in [0.717, 1.165) is 17.8 Å². The first-order chi connectivity index (χ1) is 11.5. The van der Waals surface area contributed by atoms with Gasteiger partial charge in [-0.1, -0.05) is 47.7 Å². The first-order valence-corrected chi connectivity index (χ1v) is 9.48. The van der Waals surface area contributed by atoms with Crippen LogP contribution in [0.3, 0.4) is 0 Å². The largest absolute Gasteiger partial charge is 0.353 e. The Bertz CT molecular complexity index is 723. The summed E-state index contributed by atoms with van der Waals surface area (Å²) in [5, 5.41) is 14.1. The maximum atomic E-state index is 12.1. The number of hydrogen-bond acceptors (Lipinski definition) is 6. The number of benzene rings is 1. The molecular formula is C15H17ClN4O2S2. The maximum absolute atomic E-state index is 12.1. The predicted octanol–water partition coefficient (Wildman–Crippen LogP) is 3.45. The Morgan fingerprint density at radius 3 is 2.88 bits per heavy atom. The lowest BCUT2D eigenvalue weighted by molar-refractivity contribution is -0.119. The molecule has 2 amide bonds. The van der Waals surface area contributed by atoms with Crippen LogP contribution in [0.15, 0.2) is 28.6 Å².